The Balaban J connectivity index is 1.41. The lowest BCUT2D eigenvalue weighted by atomic mass is 10.1. The summed E-state index contributed by atoms with van der Waals surface area (Å²) < 4.78 is 27.8. The Morgan fingerprint density at radius 1 is 0.800 bits per heavy atom. The molecule has 0 saturated heterocycles. The molecule has 0 aromatic rings. The van der Waals surface area contributed by atoms with Gasteiger partial charge in [-0.15, -0.1) is 0 Å². The lowest BCUT2D eigenvalue weighted by Gasteiger charge is -2.06. The fourth-order valence-corrected chi connectivity index (χ4v) is 3.15. The van der Waals surface area contributed by atoms with E-state index in [1.165, 1.54) is 25.7 Å². The number of allylic oxidation sites excluding steroid dienone is 2. The molecule has 0 amide bonds. The third kappa shape index (κ3) is 5.51. The van der Waals surface area contributed by atoms with Crippen molar-refractivity contribution in [2.24, 2.45) is 17.8 Å². The van der Waals surface area contributed by atoms with Crippen LogP contribution in [0.2, 0.25) is 0 Å². The van der Waals surface area contributed by atoms with Crippen LogP contribution in [-0.4, -0.2) is 46.3 Å². The Labute approximate surface area is 121 Å². The normalized spacial score (nSPS) is 30.4. The maximum atomic E-state index is 11.7. The summed E-state index contributed by atoms with van der Waals surface area (Å²) in [4.78, 5) is 0. The van der Waals surface area contributed by atoms with Crippen molar-refractivity contribution in [3.8, 4) is 0 Å². The van der Waals surface area contributed by atoms with Gasteiger partial charge in [0.2, 0.25) is 0 Å². The number of alkyl halides is 1. The minimum atomic E-state index is -0.428. The minimum absolute atomic E-state index is 0.166. The molecule has 20 heavy (non-hydrogen) atoms. The zero-order chi connectivity index (χ0) is 14.0. The van der Waals surface area contributed by atoms with E-state index in [9.17, 15) is 4.39 Å². The summed E-state index contributed by atoms with van der Waals surface area (Å²) in [5.41, 5.74) is 0. The number of ether oxygens (including phenoxy) is 3. The zero-order valence-electron chi connectivity index (χ0n) is 12.3. The summed E-state index contributed by atoms with van der Waals surface area (Å²) in [5.74, 6) is 2.58. The molecule has 2 rings (SSSR count). The third-order valence-electron chi connectivity index (χ3n) is 4.28. The largest absolute Gasteiger partial charge is 0.379 e. The van der Waals surface area contributed by atoms with Crippen molar-refractivity contribution in [2.75, 3.05) is 46.3 Å². The van der Waals surface area contributed by atoms with Crippen molar-refractivity contribution in [1.29, 1.82) is 0 Å². The van der Waals surface area contributed by atoms with Crippen molar-refractivity contribution >= 4 is 0 Å². The topological polar surface area (TPSA) is 27.7 Å². The van der Waals surface area contributed by atoms with Gasteiger partial charge in [0, 0.05) is 0 Å². The van der Waals surface area contributed by atoms with Gasteiger partial charge in [0.15, 0.2) is 0 Å². The molecule has 3 atom stereocenters. The average molecular weight is 286 g/mol. The van der Waals surface area contributed by atoms with E-state index < -0.39 is 6.67 Å². The Hall–Kier alpha value is -0.450. The molecule has 1 fully saturated rings. The summed E-state index contributed by atoms with van der Waals surface area (Å²) in [6.07, 6.45) is 9.78. The molecule has 4 heteroatoms. The molecule has 0 heterocycles. The second-order valence-corrected chi connectivity index (χ2v) is 5.61. The van der Waals surface area contributed by atoms with E-state index in [4.69, 9.17) is 14.2 Å². The molecular formula is C16H27FO3. The van der Waals surface area contributed by atoms with E-state index in [2.05, 4.69) is 12.2 Å². The van der Waals surface area contributed by atoms with Crippen LogP contribution in [-0.2, 0) is 14.2 Å². The van der Waals surface area contributed by atoms with E-state index >= 15 is 0 Å². The van der Waals surface area contributed by atoms with Gasteiger partial charge in [0.1, 0.15) is 6.67 Å². The highest BCUT2D eigenvalue weighted by Gasteiger charge is 2.48. The molecule has 2 aliphatic carbocycles. The monoisotopic (exact) mass is 286 g/mol. The van der Waals surface area contributed by atoms with E-state index in [0.717, 1.165) is 24.4 Å². The van der Waals surface area contributed by atoms with Crippen molar-refractivity contribution < 1.29 is 18.6 Å². The first-order valence-corrected chi connectivity index (χ1v) is 7.87. The van der Waals surface area contributed by atoms with Gasteiger partial charge in [-0.3, -0.25) is 0 Å². The lowest BCUT2D eigenvalue weighted by molar-refractivity contribution is 0.00929. The number of rotatable bonds is 10. The Kier molecular flexibility index (Phi) is 7.55. The molecule has 0 unspecified atom stereocenters. The fourth-order valence-electron chi connectivity index (χ4n) is 3.15. The molecule has 2 aliphatic rings. The number of hydrogen-bond donors (Lipinski definition) is 0. The summed E-state index contributed by atoms with van der Waals surface area (Å²) in [6.45, 7) is 2.85. The Bertz CT molecular complexity index is 267. The van der Waals surface area contributed by atoms with Gasteiger partial charge in [-0.05, 0) is 43.4 Å². The van der Waals surface area contributed by atoms with E-state index in [-0.39, 0.29) is 6.61 Å². The summed E-state index contributed by atoms with van der Waals surface area (Å²) in [7, 11) is 0. The van der Waals surface area contributed by atoms with Gasteiger partial charge in [-0.2, -0.15) is 0 Å². The van der Waals surface area contributed by atoms with Crippen LogP contribution >= 0.6 is 0 Å². The molecule has 0 aliphatic heterocycles. The summed E-state index contributed by atoms with van der Waals surface area (Å²) in [5, 5.41) is 0. The Morgan fingerprint density at radius 2 is 1.35 bits per heavy atom. The van der Waals surface area contributed by atoms with Crippen molar-refractivity contribution in [3.05, 3.63) is 12.2 Å². The molecule has 0 aromatic carbocycles. The SMILES string of the molecule is FCCOCCOCCOC[C@H]1[C@@H]2CC/C=C/CC[C@@H]21. The molecule has 1 saturated carbocycles. The van der Waals surface area contributed by atoms with Crippen LogP contribution in [0.1, 0.15) is 25.7 Å². The van der Waals surface area contributed by atoms with Crippen LogP contribution in [0.4, 0.5) is 4.39 Å². The second-order valence-electron chi connectivity index (χ2n) is 5.61. The predicted molar refractivity (Wildman–Crippen MR) is 76.5 cm³/mol. The molecule has 0 radical (unpaired) electrons. The molecule has 0 spiro atoms. The molecular weight excluding hydrogens is 259 g/mol. The van der Waals surface area contributed by atoms with Crippen LogP contribution < -0.4 is 0 Å². The highest BCUT2D eigenvalue weighted by atomic mass is 19.1. The minimum Gasteiger partial charge on any atom is -0.379 e. The van der Waals surface area contributed by atoms with Crippen LogP contribution in [0.15, 0.2) is 12.2 Å². The molecule has 3 nitrogen and oxygen atoms in total. The molecule has 0 aromatic heterocycles. The van der Waals surface area contributed by atoms with Gasteiger partial charge in [0.25, 0.3) is 0 Å². The Morgan fingerprint density at radius 3 is 1.95 bits per heavy atom. The summed E-state index contributed by atoms with van der Waals surface area (Å²) in [6, 6.07) is 0. The fraction of sp³-hybridized carbons (Fsp3) is 0.875. The van der Waals surface area contributed by atoms with Crippen LogP contribution in [0.3, 0.4) is 0 Å². The zero-order valence-corrected chi connectivity index (χ0v) is 12.3. The van der Waals surface area contributed by atoms with Crippen molar-refractivity contribution in [3.63, 3.8) is 0 Å². The predicted octanol–water partition coefficient (Wildman–Crippen LogP) is 3.00. The van der Waals surface area contributed by atoms with Crippen molar-refractivity contribution in [1.82, 2.24) is 0 Å². The first-order valence-electron chi connectivity index (χ1n) is 7.87. The standard InChI is InChI=1S/C16H27FO3/c17-7-8-18-9-10-19-11-12-20-13-16-14-5-3-1-2-4-6-15(14)16/h1-2,14-16H,3-13H2/b2-1+/t14-,15+,16+. The van der Waals surface area contributed by atoms with Gasteiger partial charge in [-0.25, -0.2) is 4.39 Å². The summed E-state index contributed by atoms with van der Waals surface area (Å²) >= 11 is 0. The molecule has 116 valence electrons. The molecule has 0 N–H and O–H groups in total. The van der Waals surface area contributed by atoms with Gasteiger partial charge < -0.3 is 14.2 Å². The number of fused-ring (bicyclic) bond motifs is 1. The number of halogens is 1. The third-order valence-corrected chi connectivity index (χ3v) is 4.28. The molecule has 0 bridgehead atoms. The van der Waals surface area contributed by atoms with Gasteiger partial charge in [0.05, 0.1) is 39.6 Å². The van der Waals surface area contributed by atoms with Crippen LogP contribution in [0, 0.1) is 17.8 Å². The quantitative estimate of drug-likeness (QED) is 0.456. The lowest BCUT2D eigenvalue weighted by Crippen LogP contribution is -2.11. The van der Waals surface area contributed by atoms with Crippen molar-refractivity contribution in [2.45, 2.75) is 25.7 Å². The average Bonchev–Trinajstić information content (AvgIpc) is 3.06. The second kappa shape index (κ2) is 9.48. The number of hydrogen-bond acceptors (Lipinski definition) is 3. The highest BCUT2D eigenvalue weighted by molar-refractivity contribution is 5.01. The highest BCUT2D eigenvalue weighted by Crippen LogP contribution is 2.52. The van der Waals surface area contributed by atoms with Crippen LogP contribution in [0.25, 0.3) is 0 Å². The van der Waals surface area contributed by atoms with E-state index in [0.29, 0.717) is 26.4 Å². The van der Waals surface area contributed by atoms with E-state index in [1.54, 1.807) is 0 Å². The van der Waals surface area contributed by atoms with Gasteiger partial charge in [-0.1, -0.05) is 12.2 Å². The first kappa shape index (κ1) is 15.9. The first-order chi connectivity index (χ1) is 9.93. The van der Waals surface area contributed by atoms with Gasteiger partial charge >= 0.3 is 0 Å². The van der Waals surface area contributed by atoms with Crippen LogP contribution in [0.5, 0.6) is 0 Å². The maximum absolute atomic E-state index is 11.7. The van der Waals surface area contributed by atoms with E-state index in [1.807, 2.05) is 0 Å². The smallest absolute Gasteiger partial charge is 0.113 e. The maximum Gasteiger partial charge on any atom is 0.113 e.